The predicted molar refractivity (Wildman–Crippen MR) is 492 cm³/mol. The van der Waals surface area contributed by atoms with Gasteiger partial charge in [-0.05, 0) is 307 Å². The van der Waals surface area contributed by atoms with Gasteiger partial charge in [-0.15, -0.1) is 0 Å². The lowest BCUT2D eigenvalue weighted by molar-refractivity contribution is 0.583. The maximum atomic E-state index is 17.2. The smallest absolute Gasteiger partial charge is 0.285 e. The van der Waals surface area contributed by atoms with Crippen LogP contribution in [0.25, 0.3) is 66.8 Å². The molecule has 0 aliphatic carbocycles. The van der Waals surface area contributed by atoms with Crippen LogP contribution in [0.15, 0.2) is 127 Å². The second kappa shape index (κ2) is 34.9. The van der Waals surface area contributed by atoms with Crippen molar-refractivity contribution in [3.63, 3.8) is 0 Å². The summed E-state index contributed by atoms with van der Waals surface area (Å²) in [6.45, 7) is 86.1. The van der Waals surface area contributed by atoms with Crippen molar-refractivity contribution < 1.29 is 4.80 Å². The second-order valence-electron chi connectivity index (χ2n) is 39.3. The Labute approximate surface area is 674 Å². The quantitative estimate of drug-likeness (QED) is 0.0402. The zero-order chi connectivity index (χ0) is 81.8. The van der Waals surface area contributed by atoms with Crippen molar-refractivity contribution in [1.82, 2.24) is 0 Å². The molecule has 0 amide bonds. The lowest BCUT2D eigenvalue weighted by Gasteiger charge is -2.33. The number of benzene rings is 9. The van der Waals surface area contributed by atoms with Crippen molar-refractivity contribution in [1.29, 1.82) is 0 Å². The van der Waals surface area contributed by atoms with Gasteiger partial charge in [-0.1, -0.05) is 358 Å². The van der Waals surface area contributed by atoms with Gasteiger partial charge in [0.2, 0.25) is 0 Å². The van der Waals surface area contributed by atoms with Crippen LogP contribution < -0.4 is 15.6 Å². The van der Waals surface area contributed by atoms with Gasteiger partial charge >= 0.3 is 0 Å². The van der Waals surface area contributed by atoms with Gasteiger partial charge in [0.25, 0.3) is 8.32 Å². The topological polar surface area (TPSA) is 20.2 Å². The molecule has 0 saturated heterocycles. The van der Waals surface area contributed by atoms with Crippen molar-refractivity contribution in [2.75, 3.05) is 0 Å². The van der Waals surface area contributed by atoms with E-state index in [-0.39, 0.29) is 71.0 Å². The van der Waals surface area contributed by atoms with Crippen molar-refractivity contribution in [2.24, 2.45) is 0 Å². The summed E-state index contributed by atoms with van der Waals surface area (Å²) in [5.74, 6) is 4.61. The molecule has 0 radical (unpaired) electrons. The highest BCUT2D eigenvalue weighted by Crippen LogP contribution is 2.49. The van der Waals surface area contributed by atoms with Crippen LogP contribution in [0, 0.1) is 0 Å². The Bertz CT molecular complexity index is 3830. The summed E-state index contributed by atoms with van der Waals surface area (Å²) in [6.07, 6.45) is 0. The molecule has 0 heterocycles. The Morgan fingerprint density at radius 2 is 0.245 bits per heavy atom. The maximum absolute atomic E-state index is 17.2. The molecule has 0 saturated carbocycles. The molecule has 9 rings (SSSR count). The number of hydrogen-bond acceptors (Lipinski definition) is 1. The van der Waals surface area contributed by atoms with E-state index in [1.54, 1.807) is 0 Å². The molecule has 1 N–H and O–H groups in total. The number of hydrogen-bond donors (Lipinski definition) is 1. The normalized spacial score (nSPS) is 12.8. The van der Waals surface area contributed by atoms with E-state index in [2.05, 4.69) is 377 Å². The zero-order valence-electron chi connectivity index (χ0n) is 76.0. The second-order valence-corrected chi connectivity index (χ2v) is 42.5. The van der Waals surface area contributed by atoms with Crippen LogP contribution in [-0.4, -0.2) is 13.1 Å². The fourth-order valence-electron chi connectivity index (χ4n) is 17.6. The first kappa shape index (κ1) is 87.1. The summed E-state index contributed by atoms with van der Waals surface area (Å²) in [6, 6.07) is 53.7. The molecule has 0 spiro atoms. The maximum Gasteiger partial charge on any atom is 0.285 e. The van der Waals surface area contributed by atoms with Gasteiger partial charge in [-0.25, -0.2) is 0 Å². The SMILES string of the molecule is CC(C)c1cc(C(C)C)c(-c2cc(-c3c(C(C)C)cc(C(C)C)cc3C(C)C)cc([Si](O)(c3cc(-c4c(C(C)C)cc(C(C)C)cc4C(C)C)cc(-c4c(C(C)C)cc(C(C)C)cc4C(C)C)c3)c3cc(-c4c(C(C)C)cc(C(C)C)cc4C(C)C)cc(-c4c(C(C)C)cc(C(C)C)cc4C(C)C)c3)c2)c(C(C)C)c1. The van der Waals surface area contributed by atoms with Crippen LogP contribution in [0.1, 0.15) is 456 Å². The average molecular weight is 1490 g/mol. The van der Waals surface area contributed by atoms with Crippen LogP contribution in [0.3, 0.4) is 0 Å². The van der Waals surface area contributed by atoms with E-state index >= 15 is 4.80 Å². The van der Waals surface area contributed by atoms with Crippen LogP contribution in [-0.2, 0) is 0 Å². The lowest BCUT2D eigenvalue weighted by atomic mass is 9.79. The third-order valence-corrected chi connectivity index (χ3v) is 28.0. The molecule has 590 valence electrons. The Hall–Kier alpha value is -6.84. The van der Waals surface area contributed by atoms with E-state index in [4.69, 9.17) is 0 Å². The van der Waals surface area contributed by atoms with Gasteiger partial charge in [0, 0.05) is 0 Å². The minimum Gasteiger partial charge on any atom is -0.421 e. The highest BCUT2D eigenvalue weighted by molar-refractivity contribution is 7.06. The zero-order valence-corrected chi connectivity index (χ0v) is 77.0. The standard InChI is InChI=1S/C108H148OSi/c1-58(2)76-46-91(64(13)14)103(92(47-76)65(15)16)82-37-83(104-93(66(17)18)48-77(59(3)4)49-94(104)67(19)20)41-88(40-82)110(109,89-42-84(105-95(68(21)22)50-78(60(5)6)51-96(105)69(23)24)38-85(43-89)106-97(70(25)26)52-79(61(7)8)53-98(106)71(27)28)90-44-86(107-99(72(29)30)54-80(62(9)10)55-100(107)73(31)32)39-87(45-90)108-101(74(33)34)56-81(63(11)12)57-102(108)75(35)36/h37-75,109H,1-36H3. The molecular formula is C108H148OSi. The van der Waals surface area contributed by atoms with Gasteiger partial charge in [-0.3, -0.25) is 0 Å². The van der Waals surface area contributed by atoms with Gasteiger partial charge in [-0.2, -0.15) is 0 Å². The highest BCUT2D eigenvalue weighted by atomic mass is 28.4. The molecule has 0 unspecified atom stereocenters. The summed E-state index contributed by atoms with van der Waals surface area (Å²) in [7, 11) is -4.57. The molecule has 2 heteroatoms. The molecule has 0 fully saturated rings. The largest absolute Gasteiger partial charge is 0.421 e. The summed E-state index contributed by atoms with van der Waals surface area (Å²) in [4.78, 5) is 17.2. The van der Waals surface area contributed by atoms with Gasteiger partial charge < -0.3 is 4.80 Å². The molecule has 0 aromatic heterocycles. The molecule has 0 aliphatic heterocycles. The monoisotopic (exact) mass is 1490 g/mol. The van der Waals surface area contributed by atoms with Gasteiger partial charge in [0.1, 0.15) is 0 Å². The van der Waals surface area contributed by atoms with Crippen molar-refractivity contribution in [3.05, 3.63) is 228 Å². The van der Waals surface area contributed by atoms with E-state index in [1.165, 1.54) is 167 Å². The molecule has 1 nitrogen and oxygen atoms in total. The number of rotatable bonds is 27. The Morgan fingerprint density at radius 3 is 0.327 bits per heavy atom. The van der Waals surface area contributed by atoms with Crippen molar-refractivity contribution in [3.8, 4) is 66.8 Å². The minimum absolute atomic E-state index is 0.213. The average Bonchev–Trinajstić information content (AvgIpc) is 0.724. The molecule has 9 aromatic rings. The third kappa shape index (κ3) is 17.7. The fraction of sp³-hybridized carbons (Fsp3) is 0.500. The van der Waals surface area contributed by atoms with Crippen LogP contribution >= 0.6 is 0 Å². The molecule has 9 aromatic carbocycles. The summed E-state index contributed by atoms with van der Waals surface area (Å²) >= 11 is 0. The Morgan fingerprint density at radius 1 is 0.145 bits per heavy atom. The van der Waals surface area contributed by atoms with Crippen molar-refractivity contribution >= 4 is 23.9 Å². The summed E-state index contributed by atoms with van der Waals surface area (Å²) in [5.41, 5.74) is 39.6. The van der Waals surface area contributed by atoms with Crippen LogP contribution in [0.5, 0.6) is 0 Å². The van der Waals surface area contributed by atoms with Gasteiger partial charge in [0.05, 0.1) is 0 Å². The van der Waals surface area contributed by atoms with Crippen LogP contribution in [0.2, 0.25) is 0 Å². The van der Waals surface area contributed by atoms with Gasteiger partial charge in [0.15, 0.2) is 0 Å². The van der Waals surface area contributed by atoms with E-state index in [1.807, 2.05) is 0 Å². The van der Waals surface area contributed by atoms with E-state index in [0.29, 0.717) is 35.5 Å². The molecular weight excluding hydrogens is 1340 g/mol. The summed E-state index contributed by atoms with van der Waals surface area (Å²) < 4.78 is 0. The lowest BCUT2D eigenvalue weighted by Crippen LogP contribution is -2.67. The highest BCUT2D eigenvalue weighted by Gasteiger charge is 2.43. The van der Waals surface area contributed by atoms with E-state index in [9.17, 15) is 0 Å². The molecule has 110 heavy (non-hydrogen) atoms. The first-order valence-corrected chi connectivity index (χ1v) is 45.5. The first-order valence-electron chi connectivity index (χ1n) is 43.6. The molecule has 0 bridgehead atoms. The molecule has 0 aliphatic rings. The Balaban J connectivity index is 1.74. The minimum atomic E-state index is -4.57. The molecule has 0 atom stereocenters. The third-order valence-electron chi connectivity index (χ3n) is 24.6. The van der Waals surface area contributed by atoms with Crippen LogP contribution in [0.4, 0.5) is 0 Å². The Kier molecular flexibility index (Phi) is 27.6. The van der Waals surface area contributed by atoms with E-state index in [0.717, 1.165) is 15.6 Å². The first-order chi connectivity index (χ1) is 51.3. The predicted octanol–water partition coefficient (Wildman–Crippen LogP) is 31.9. The fourth-order valence-corrected chi connectivity index (χ4v) is 20.8. The summed E-state index contributed by atoms with van der Waals surface area (Å²) in [5, 5.41) is 3.01. The van der Waals surface area contributed by atoms with E-state index < -0.39 is 8.32 Å². The van der Waals surface area contributed by atoms with Crippen molar-refractivity contribution in [2.45, 2.75) is 356 Å².